The summed E-state index contributed by atoms with van der Waals surface area (Å²) < 4.78 is 42.9. The van der Waals surface area contributed by atoms with Crippen molar-refractivity contribution in [1.29, 1.82) is 0 Å². The standard InChI is InChI=1S/C11H13ClF3NO/c1-6-3-4-8(12)5-9(6)17-10(7(2)16)11(13,14)15/h3-5,7,10H,16H2,1-2H3. The van der Waals surface area contributed by atoms with Gasteiger partial charge in [0.25, 0.3) is 0 Å². The van der Waals surface area contributed by atoms with Crippen molar-refractivity contribution < 1.29 is 17.9 Å². The van der Waals surface area contributed by atoms with Crippen molar-refractivity contribution in [3.05, 3.63) is 28.8 Å². The van der Waals surface area contributed by atoms with E-state index in [2.05, 4.69) is 0 Å². The lowest BCUT2D eigenvalue weighted by Gasteiger charge is -2.25. The maximum absolute atomic E-state index is 12.7. The van der Waals surface area contributed by atoms with Crippen LogP contribution in [0, 0.1) is 6.92 Å². The molecule has 1 rings (SSSR count). The number of halogens is 4. The number of alkyl halides is 3. The topological polar surface area (TPSA) is 35.2 Å². The minimum Gasteiger partial charge on any atom is -0.479 e. The average Bonchev–Trinajstić information content (AvgIpc) is 2.17. The number of nitrogens with two attached hydrogens (primary N) is 1. The molecule has 0 amide bonds. The first-order chi connectivity index (χ1) is 7.71. The van der Waals surface area contributed by atoms with Gasteiger partial charge in [0, 0.05) is 11.1 Å². The lowest BCUT2D eigenvalue weighted by Crippen LogP contribution is -2.47. The average molecular weight is 268 g/mol. The van der Waals surface area contributed by atoms with Crippen LogP contribution in [0.1, 0.15) is 12.5 Å². The second kappa shape index (κ2) is 5.14. The zero-order chi connectivity index (χ0) is 13.2. The summed E-state index contributed by atoms with van der Waals surface area (Å²) in [5, 5.41) is 0.316. The molecule has 1 aromatic carbocycles. The SMILES string of the molecule is Cc1ccc(Cl)cc1OC(C(C)N)C(F)(F)F. The molecule has 0 heterocycles. The molecule has 6 heteroatoms. The molecule has 0 aliphatic heterocycles. The summed E-state index contributed by atoms with van der Waals surface area (Å²) in [6.45, 7) is 2.89. The highest BCUT2D eigenvalue weighted by molar-refractivity contribution is 6.30. The summed E-state index contributed by atoms with van der Waals surface area (Å²) >= 11 is 5.70. The van der Waals surface area contributed by atoms with Gasteiger partial charge in [-0.15, -0.1) is 0 Å². The molecule has 0 aromatic heterocycles. The highest BCUT2D eigenvalue weighted by atomic mass is 35.5. The molecule has 0 aliphatic rings. The molecule has 0 fully saturated rings. The van der Waals surface area contributed by atoms with E-state index in [9.17, 15) is 13.2 Å². The van der Waals surface area contributed by atoms with E-state index in [0.29, 0.717) is 10.6 Å². The van der Waals surface area contributed by atoms with Crippen molar-refractivity contribution in [3.8, 4) is 5.75 Å². The molecule has 0 saturated carbocycles. The van der Waals surface area contributed by atoms with Gasteiger partial charge in [-0.05, 0) is 31.5 Å². The molecule has 0 radical (unpaired) electrons. The maximum atomic E-state index is 12.7. The van der Waals surface area contributed by atoms with E-state index >= 15 is 0 Å². The number of hydrogen-bond acceptors (Lipinski definition) is 2. The van der Waals surface area contributed by atoms with Gasteiger partial charge in [-0.1, -0.05) is 17.7 Å². The van der Waals surface area contributed by atoms with Gasteiger partial charge < -0.3 is 10.5 Å². The van der Waals surface area contributed by atoms with Gasteiger partial charge >= 0.3 is 6.18 Å². The van der Waals surface area contributed by atoms with Crippen LogP contribution in [0.4, 0.5) is 13.2 Å². The number of ether oxygens (including phenoxy) is 1. The van der Waals surface area contributed by atoms with Crippen LogP contribution in [0.15, 0.2) is 18.2 Å². The molecule has 2 nitrogen and oxygen atoms in total. The Bertz CT molecular complexity index is 393. The van der Waals surface area contributed by atoms with Gasteiger partial charge in [-0.2, -0.15) is 13.2 Å². The van der Waals surface area contributed by atoms with Crippen molar-refractivity contribution in [2.45, 2.75) is 32.2 Å². The van der Waals surface area contributed by atoms with E-state index in [4.69, 9.17) is 22.1 Å². The van der Waals surface area contributed by atoms with Crippen LogP contribution < -0.4 is 10.5 Å². The third-order valence-electron chi connectivity index (χ3n) is 2.20. The Morgan fingerprint density at radius 3 is 2.41 bits per heavy atom. The van der Waals surface area contributed by atoms with Gasteiger partial charge in [0.2, 0.25) is 6.10 Å². The first kappa shape index (κ1) is 14.1. The molecular formula is C11H13ClF3NO. The van der Waals surface area contributed by atoms with E-state index in [-0.39, 0.29) is 5.75 Å². The molecule has 0 aliphatic carbocycles. The largest absolute Gasteiger partial charge is 0.479 e. The van der Waals surface area contributed by atoms with Crippen LogP contribution in [0.25, 0.3) is 0 Å². The molecule has 0 saturated heterocycles. The Labute approximate surface area is 103 Å². The predicted molar refractivity (Wildman–Crippen MR) is 60.3 cm³/mol. The molecule has 96 valence electrons. The van der Waals surface area contributed by atoms with Crippen molar-refractivity contribution in [2.24, 2.45) is 5.73 Å². The van der Waals surface area contributed by atoms with Crippen LogP contribution in [0.2, 0.25) is 5.02 Å². The Morgan fingerprint density at radius 1 is 1.35 bits per heavy atom. The van der Waals surface area contributed by atoms with E-state index < -0.39 is 18.3 Å². The number of aryl methyl sites for hydroxylation is 1. The van der Waals surface area contributed by atoms with Crippen LogP contribution in [-0.2, 0) is 0 Å². The fourth-order valence-electron chi connectivity index (χ4n) is 1.31. The first-order valence-electron chi connectivity index (χ1n) is 4.97. The van der Waals surface area contributed by atoms with Gasteiger partial charge in [-0.3, -0.25) is 0 Å². The van der Waals surface area contributed by atoms with Crippen molar-refractivity contribution in [1.82, 2.24) is 0 Å². The fourth-order valence-corrected chi connectivity index (χ4v) is 1.47. The van der Waals surface area contributed by atoms with Crippen LogP contribution in [0.5, 0.6) is 5.75 Å². The van der Waals surface area contributed by atoms with E-state index in [1.807, 2.05) is 0 Å². The van der Waals surface area contributed by atoms with Crippen molar-refractivity contribution in [3.63, 3.8) is 0 Å². The summed E-state index contributed by atoms with van der Waals surface area (Å²) in [7, 11) is 0. The highest BCUT2D eigenvalue weighted by Crippen LogP contribution is 2.30. The highest BCUT2D eigenvalue weighted by Gasteiger charge is 2.44. The maximum Gasteiger partial charge on any atom is 0.426 e. The molecule has 17 heavy (non-hydrogen) atoms. The van der Waals surface area contributed by atoms with E-state index in [1.165, 1.54) is 13.0 Å². The zero-order valence-corrected chi connectivity index (χ0v) is 10.1. The summed E-state index contributed by atoms with van der Waals surface area (Å²) in [6.07, 6.45) is -6.55. The third kappa shape index (κ3) is 3.78. The lowest BCUT2D eigenvalue weighted by atomic mass is 10.1. The molecule has 2 unspecified atom stereocenters. The minimum absolute atomic E-state index is 0.0946. The van der Waals surface area contributed by atoms with Crippen LogP contribution in [-0.4, -0.2) is 18.3 Å². The van der Waals surface area contributed by atoms with Gasteiger partial charge in [-0.25, -0.2) is 0 Å². The summed E-state index contributed by atoms with van der Waals surface area (Å²) in [6, 6.07) is 3.36. The Morgan fingerprint density at radius 2 is 1.94 bits per heavy atom. The quantitative estimate of drug-likeness (QED) is 0.912. The Balaban J connectivity index is 2.98. The fraction of sp³-hybridized carbons (Fsp3) is 0.455. The lowest BCUT2D eigenvalue weighted by molar-refractivity contribution is -0.199. The zero-order valence-electron chi connectivity index (χ0n) is 9.38. The number of benzene rings is 1. The molecule has 0 bridgehead atoms. The monoisotopic (exact) mass is 267 g/mol. The number of hydrogen-bond donors (Lipinski definition) is 1. The molecule has 0 spiro atoms. The molecule has 2 atom stereocenters. The van der Waals surface area contributed by atoms with Gasteiger partial charge in [0.05, 0.1) is 0 Å². The Kier molecular flexibility index (Phi) is 4.27. The third-order valence-corrected chi connectivity index (χ3v) is 2.44. The number of rotatable bonds is 3. The van der Waals surface area contributed by atoms with Gasteiger partial charge in [0.1, 0.15) is 5.75 Å². The molecular weight excluding hydrogens is 255 g/mol. The molecule has 1 aromatic rings. The second-order valence-electron chi connectivity index (χ2n) is 3.85. The Hall–Kier alpha value is -0.940. The minimum atomic E-state index is -4.51. The van der Waals surface area contributed by atoms with Crippen LogP contribution >= 0.6 is 11.6 Å². The van der Waals surface area contributed by atoms with E-state index in [0.717, 1.165) is 0 Å². The summed E-state index contributed by atoms with van der Waals surface area (Å²) in [5.41, 5.74) is 5.85. The smallest absolute Gasteiger partial charge is 0.426 e. The second-order valence-corrected chi connectivity index (χ2v) is 4.29. The van der Waals surface area contributed by atoms with Crippen LogP contribution in [0.3, 0.4) is 0 Å². The summed E-state index contributed by atoms with van der Waals surface area (Å²) in [5.74, 6) is 0.0946. The summed E-state index contributed by atoms with van der Waals surface area (Å²) in [4.78, 5) is 0. The predicted octanol–water partition coefficient (Wildman–Crippen LogP) is 3.31. The van der Waals surface area contributed by atoms with Crippen molar-refractivity contribution in [2.75, 3.05) is 0 Å². The molecule has 2 N–H and O–H groups in total. The van der Waals surface area contributed by atoms with Crippen molar-refractivity contribution >= 4 is 11.6 Å². The van der Waals surface area contributed by atoms with E-state index in [1.54, 1.807) is 19.1 Å². The normalized spacial score (nSPS) is 15.5. The first-order valence-corrected chi connectivity index (χ1v) is 5.34. The van der Waals surface area contributed by atoms with Gasteiger partial charge in [0.15, 0.2) is 0 Å².